The minimum Gasteiger partial charge on any atom is -0.492 e. The van der Waals surface area contributed by atoms with Crippen molar-refractivity contribution in [3.8, 4) is 5.75 Å². The van der Waals surface area contributed by atoms with Crippen LogP contribution in [0.15, 0.2) is 24.3 Å². The molecule has 0 radical (unpaired) electrons. The Morgan fingerprint density at radius 3 is 2.71 bits per heavy atom. The van der Waals surface area contributed by atoms with E-state index in [0.29, 0.717) is 17.5 Å². The molecule has 1 aromatic rings. The Morgan fingerprint density at radius 2 is 2.14 bits per heavy atom. The van der Waals surface area contributed by atoms with E-state index in [4.69, 9.17) is 16.3 Å². The summed E-state index contributed by atoms with van der Waals surface area (Å²) in [5, 5.41) is 0.668. The third-order valence-corrected chi connectivity index (χ3v) is 2.98. The van der Waals surface area contributed by atoms with Crippen LogP contribution in [-0.2, 0) is 0 Å². The molecule has 1 nitrogen and oxygen atoms in total. The van der Waals surface area contributed by atoms with Crippen LogP contribution < -0.4 is 4.74 Å². The summed E-state index contributed by atoms with van der Waals surface area (Å²) in [5.41, 5.74) is 0. The number of rotatable bonds is 5. The number of halogens is 1. The lowest BCUT2D eigenvalue weighted by molar-refractivity contribution is 0.259. The summed E-state index contributed by atoms with van der Waals surface area (Å²) < 4.78 is 5.60. The molecule has 0 fully saturated rings. The summed E-state index contributed by atoms with van der Waals surface area (Å²) in [6.45, 7) is 2.82. The molecule has 0 aliphatic rings. The molecule has 1 unspecified atom stereocenters. The Kier molecular flexibility index (Phi) is 5.20. The molecule has 0 bridgehead atoms. The molecule has 0 aromatic heterocycles. The van der Waals surface area contributed by atoms with Crippen LogP contribution in [0.3, 0.4) is 0 Å². The maximum Gasteiger partial charge on any atom is 0.137 e. The van der Waals surface area contributed by atoms with Crippen molar-refractivity contribution < 1.29 is 4.74 Å². The van der Waals surface area contributed by atoms with Gasteiger partial charge in [-0.05, 0) is 24.3 Å². The summed E-state index contributed by atoms with van der Waals surface area (Å²) in [7, 11) is 0. The van der Waals surface area contributed by atoms with Crippen LogP contribution in [0.4, 0.5) is 0 Å². The fourth-order valence-corrected chi connectivity index (χ4v) is 1.62. The highest BCUT2D eigenvalue weighted by atomic mass is 35.5. The van der Waals surface area contributed by atoms with Gasteiger partial charge in [-0.3, -0.25) is 0 Å². The molecule has 0 heterocycles. The van der Waals surface area contributed by atoms with E-state index in [1.54, 1.807) is 0 Å². The van der Waals surface area contributed by atoms with Crippen molar-refractivity contribution in [1.82, 2.24) is 0 Å². The van der Waals surface area contributed by atoms with Crippen molar-refractivity contribution in [2.45, 2.75) is 13.3 Å². The highest BCUT2D eigenvalue weighted by Crippen LogP contribution is 2.23. The monoisotopic (exact) mass is 230 g/mol. The topological polar surface area (TPSA) is 9.23 Å². The Balaban J connectivity index is 2.49. The van der Waals surface area contributed by atoms with Gasteiger partial charge in [0.05, 0.1) is 11.6 Å². The second-order valence-corrected chi connectivity index (χ2v) is 3.97. The van der Waals surface area contributed by atoms with E-state index in [2.05, 4.69) is 19.6 Å². The standard InChI is InChI=1S/C11H15ClOS/c1-2-9(8-14)7-13-11-6-4-3-5-10(11)12/h3-6,9,14H,2,7-8H2,1H3. The Morgan fingerprint density at radius 1 is 1.43 bits per heavy atom. The smallest absolute Gasteiger partial charge is 0.137 e. The number of hydrogen-bond acceptors (Lipinski definition) is 2. The molecular weight excluding hydrogens is 216 g/mol. The average Bonchev–Trinajstić information content (AvgIpc) is 2.22. The second-order valence-electron chi connectivity index (χ2n) is 3.20. The Hall–Kier alpha value is -0.340. The number of thiol groups is 1. The van der Waals surface area contributed by atoms with E-state index in [1.165, 1.54) is 0 Å². The molecule has 0 saturated heterocycles. The van der Waals surface area contributed by atoms with Gasteiger partial charge in [-0.25, -0.2) is 0 Å². The number of benzene rings is 1. The molecule has 3 heteroatoms. The predicted octanol–water partition coefficient (Wildman–Crippen LogP) is 3.67. The highest BCUT2D eigenvalue weighted by molar-refractivity contribution is 7.80. The van der Waals surface area contributed by atoms with Gasteiger partial charge >= 0.3 is 0 Å². The summed E-state index contributed by atoms with van der Waals surface area (Å²) in [6.07, 6.45) is 1.08. The van der Waals surface area contributed by atoms with Crippen LogP contribution in [0.2, 0.25) is 5.02 Å². The average molecular weight is 231 g/mol. The summed E-state index contributed by atoms with van der Waals surface area (Å²) in [6, 6.07) is 7.53. The minimum atomic E-state index is 0.495. The molecule has 1 atom stereocenters. The summed E-state index contributed by atoms with van der Waals surface area (Å²) >= 11 is 10.2. The Bertz CT molecular complexity index is 274. The van der Waals surface area contributed by atoms with Crippen LogP contribution in [0.25, 0.3) is 0 Å². The zero-order valence-electron chi connectivity index (χ0n) is 8.24. The van der Waals surface area contributed by atoms with Crippen molar-refractivity contribution in [3.63, 3.8) is 0 Å². The molecule has 0 N–H and O–H groups in total. The van der Waals surface area contributed by atoms with Crippen LogP contribution >= 0.6 is 24.2 Å². The fourth-order valence-electron chi connectivity index (χ4n) is 1.07. The third-order valence-electron chi connectivity index (χ3n) is 2.15. The van der Waals surface area contributed by atoms with Crippen molar-refractivity contribution in [2.75, 3.05) is 12.4 Å². The van der Waals surface area contributed by atoms with Gasteiger partial charge in [-0.15, -0.1) is 0 Å². The molecule has 0 aliphatic carbocycles. The van der Waals surface area contributed by atoms with Gasteiger partial charge < -0.3 is 4.74 Å². The first kappa shape index (κ1) is 11.7. The van der Waals surface area contributed by atoms with E-state index >= 15 is 0 Å². The van der Waals surface area contributed by atoms with Gasteiger partial charge in [0, 0.05) is 5.92 Å². The second kappa shape index (κ2) is 6.20. The maximum absolute atomic E-state index is 5.95. The lowest BCUT2D eigenvalue weighted by atomic mass is 10.1. The molecule has 0 amide bonds. The van der Waals surface area contributed by atoms with Crippen molar-refractivity contribution in [3.05, 3.63) is 29.3 Å². The number of ether oxygens (including phenoxy) is 1. The lowest BCUT2D eigenvalue weighted by Gasteiger charge is -2.13. The molecule has 1 rings (SSSR count). The van der Waals surface area contributed by atoms with Gasteiger partial charge in [0.15, 0.2) is 0 Å². The van der Waals surface area contributed by atoms with Crippen LogP contribution in [0.5, 0.6) is 5.75 Å². The zero-order chi connectivity index (χ0) is 10.4. The maximum atomic E-state index is 5.95. The Labute approximate surface area is 95.8 Å². The number of hydrogen-bond donors (Lipinski definition) is 1. The van der Waals surface area contributed by atoms with E-state index in [1.807, 2.05) is 24.3 Å². The first-order valence-corrected chi connectivity index (χ1v) is 5.77. The highest BCUT2D eigenvalue weighted by Gasteiger charge is 2.06. The molecule has 0 aliphatic heterocycles. The SMILES string of the molecule is CCC(CS)COc1ccccc1Cl. The minimum absolute atomic E-state index is 0.495. The van der Waals surface area contributed by atoms with Gasteiger partial charge in [-0.1, -0.05) is 30.7 Å². The van der Waals surface area contributed by atoms with Crippen molar-refractivity contribution in [2.24, 2.45) is 5.92 Å². The van der Waals surface area contributed by atoms with Crippen LogP contribution in [-0.4, -0.2) is 12.4 Å². The van der Waals surface area contributed by atoms with Gasteiger partial charge in [0.25, 0.3) is 0 Å². The molecule has 0 saturated carbocycles. The summed E-state index contributed by atoms with van der Waals surface area (Å²) in [5.74, 6) is 2.10. The number of para-hydroxylation sites is 1. The largest absolute Gasteiger partial charge is 0.492 e. The van der Waals surface area contributed by atoms with Gasteiger partial charge in [0.1, 0.15) is 5.75 Å². The van der Waals surface area contributed by atoms with Crippen LogP contribution in [0.1, 0.15) is 13.3 Å². The zero-order valence-corrected chi connectivity index (χ0v) is 9.89. The molecule has 1 aromatic carbocycles. The molecule has 78 valence electrons. The normalized spacial score (nSPS) is 12.5. The lowest BCUT2D eigenvalue weighted by Crippen LogP contribution is -2.12. The van der Waals surface area contributed by atoms with E-state index in [-0.39, 0.29) is 0 Å². The molecule has 14 heavy (non-hydrogen) atoms. The van der Waals surface area contributed by atoms with E-state index in [9.17, 15) is 0 Å². The first-order valence-electron chi connectivity index (χ1n) is 4.76. The van der Waals surface area contributed by atoms with Crippen molar-refractivity contribution >= 4 is 24.2 Å². The third kappa shape index (κ3) is 3.43. The van der Waals surface area contributed by atoms with Crippen molar-refractivity contribution in [1.29, 1.82) is 0 Å². The first-order chi connectivity index (χ1) is 6.77. The van der Waals surface area contributed by atoms with E-state index < -0.39 is 0 Å². The van der Waals surface area contributed by atoms with Crippen LogP contribution in [0, 0.1) is 5.92 Å². The summed E-state index contributed by atoms with van der Waals surface area (Å²) in [4.78, 5) is 0. The molecular formula is C11H15ClOS. The van der Waals surface area contributed by atoms with Gasteiger partial charge in [0.2, 0.25) is 0 Å². The van der Waals surface area contributed by atoms with Gasteiger partial charge in [-0.2, -0.15) is 12.6 Å². The fraction of sp³-hybridized carbons (Fsp3) is 0.455. The quantitative estimate of drug-likeness (QED) is 0.760. The van der Waals surface area contributed by atoms with E-state index in [0.717, 1.165) is 17.9 Å². The molecule has 0 spiro atoms. The predicted molar refractivity (Wildman–Crippen MR) is 64.6 cm³/mol.